The molecule has 0 amide bonds. The lowest BCUT2D eigenvalue weighted by Crippen LogP contribution is -2.37. The summed E-state index contributed by atoms with van der Waals surface area (Å²) in [6.07, 6.45) is 2.27. The van der Waals surface area contributed by atoms with Crippen LogP contribution in [0.25, 0.3) is 0 Å². The van der Waals surface area contributed by atoms with Crippen LogP contribution < -0.4 is 11.4 Å². The van der Waals surface area contributed by atoms with E-state index in [2.05, 4.69) is 4.98 Å². The lowest BCUT2D eigenvalue weighted by Gasteiger charge is -2.32. The quantitative estimate of drug-likeness (QED) is 0.918. The van der Waals surface area contributed by atoms with E-state index >= 15 is 0 Å². The summed E-state index contributed by atoms with van der Waals surface area (Å²) in [4.78, 5) is 15.5. The van der Waals surface area contributed by atoms with E-state index < -0.39 is 23.7 Å². The molecule has 0 bridgehead atoms. The highest BCUT2D eigenvalue weighted by molar-refractivity contribution is 5.23. The molecular formula is C14H20FN3O2. The predicted octanol–water partition coefficient (Wildman–Crippen LogP) is 1.89. The second-order valence-corrected chi connectivity index (χ2v) is 5.87. The van der Waals surface area contributed by atoms with Crippen LogP contribution in [0.1, 0.15) is 39.3 Å². The molecule has 2 aliphatic rings. The number of nitrogens with two attached hydrogens (primary N) is 1. The number of alkyl halides is 1. The lowest BCUT2D eigenvalue weighted by atomic mass is 9.81. The molecule has 2 heterocycles. The Hall–Kier alpha value is -1.43. The Morgan fingerprint density at radius 2 is 2.30 bits per heavy atom. The van der Waals surface area contributed by atoms with Crippen molar-refractivity contribution < 1.29 is 9.13 Å². The molecule has 0 unspecified atom stereocenters. The number of anilines is 1. The van der Waals surface area contributed by atoms with Crippen molar-refractivity contribution in [3.05, 3.63) is 22.7 Å². The van der Waals surface area contributed by atoms with Gasteiger partial charge in [-0.25, -0.2) is 9.18 Å². The molecule has 0 aromatic carbocycles. The number of halogens is 1. The van der Waals surface area contributed by atoms with Crippen molar-refractivity contribution in [2.24, 2.45) is 11.8 Å². The summed E-state index contributed by atoms with van der Waals surface area (Å²) in [6.45, 7) is 3.90. The highest BCUT2D eigenvalue weighted by atomic mass is 19.1. The van der Waals surface area contributed by atoms with Gasteiger partial charge in [-0.2, -0.15) is 4.98 Å². The Morgan fingerprint density at radius 1 is 1.60 bits per heavy atom. The predicted molar refractivity (Wildman–Crippen MR) is 72.8 cm³/mol. The molecule has 4 atom stereocenters. The summed E-state index contributed by atoms with van der Waals surface area (Å²) in [5.41, 5.74) is 4.45. The summed E-state index contributed by atoms with van der Waals surface area (Å²) < 4.78 is 22.0. The van der Waals surface area contributed by atoms with E-state index in [1.165, 1.54) is 16.8 Å². The molecule has 1 aliphatic heterocycles. The second kappa shape index (κ2) is 4.55. The van der Waals surface area contributed by atoms with Crippen LogP contribution in [-0.4, -0.2) is 21.3 Å². The van der Waals surface area contributed by atoms with E-state index in [-0.39, 0.29) is 11.7 Å². The molecule has 20 heavy (non-hydrogen) atoms. The SMILES string of the molecule is CC[C@@]1(C2CC2)O[C@@H](n2ccc(N)nc2=O)[C@H](F)[C@@H]1C. The van der Waals surface area contributed by atoms with Gasteiger partial charge in [-0.1, -0.05) is 13.8 Å². The molecule has 1 saturated heterocycles. The number of nitrogens with zero attached hydrogens (tertiary/aromatic N) is 2. The Labute approximate surface area is 116 Å². The monoisotopic (exact) mass is 281 g/mol. The van der Waals surface area contributed by atoms with E-state index in [1.54, 1.807) is 0 Å². The molecule has 0 spiro atoms. The van der Waals surface area contributed by atoms with E-state index in [9.17, 15) is 9.18 Å². The Bertz CT molecular complexity index is 572. The third kappa shape index (κ3) is 1.85. The number of ether oxygens (including phenoxy) is 1. The largest absolute Gasteiger partial charge is 0.383 e. The summed E-state index contributed by atoms with van der Waals surface area (Å²) in [5, 5.41) is 0. The normalized spacial score (nSPS) is 37.2. The van der Waals surface area contributed by atoms with Crippen LogP contribution in [0.2, 0.25) is 0 Å². The molecule has 1 saturated carbocycles. The zero-order valence-corrected chi connectivity index (χ0v) is 11.8. The van der Waals surface area contributed by atoms with Crippen LogP contribution in [0.5, 0.6) is 0 Å². The molecular weight excluding hydrogens is 261 g/mol. The van der Waals surface area contributed by atoms with Crippen molar-refractivity contribution in [2.75, 3.05) is 5.73 Å². The highest BCUT2D eigenvalue weighted by Gasteiger charge is 2.59. The smallest absolute Gasteiger partial charge is 0.351 e. The van der Waals surface area contributed by atoms with Crippen LogP contribution in [0.3, 0.4) is 0 Å². The molecule has 2 N–H and O–H groups in total. The van der Waals surface area contributed by atoms with Crippen LogP contribution in [0, 0.1) is 11.8 Å². The Morgan fingerprint density at radius 3 is 2.85 bits per heavy atom. The summed E-state index contributed by atoms with van der Waals surface area (Å²) in [6, 6.07) is 1.49. The van der Waals surface area contributed by atoms with E-state index in [1.807, 2.05) is 13.8 Å². The summed E-state index contributed by atoms with van der Waals surface area (Å²) in [5.74, 6) is 0.314. The summed E-state index contributed by atoms with van der Waals surface area (Å²) >= 11 is 0. The molecule has 110 valence electrons. The van der Waals surface area contributed by atoms with Gasteiger partial charge in [0.25, 0.3) is 0 Å². The van der Waals surface area contributed by atoms with E-state index in [4.69, 9.17) is 10.5 Å². The minimum absolute atomic E-state index is 0.136. The lowest BCUT2D eigenvalue weighted by molar-refractivity contribution is -0.104. The van der Waals surface area contributed by atoms with Gasteiger partial charge < -0.3 is 10.5 Å². The average Bonchev–Trinajstić information content (AvgIpc) is 3.22. The minimum atomic E-state index is -1.21. The fourth-order valence-electron chi connectivity index (χ4n) is 3.48. The zero-order valence-electron chi connectivity index (χ0n) is 11.8. The van der Waals surface area contributed by atoms with Crippen molar-refractivity contribution in [1.82, 2.24) is 9.55 Å². The van der Waals surface area contributed by atoms with Gasteiger partial charge in [0.2, 0.25) is 0 Å². The fourth-order valence-corrected chi connectivity index (χ4v) is 3.48. The standard InChI is InChI=1S/C14H20FN3O2/c1-3-14(9-4-5-9)8(2)11(15)12(20-14)18-7-6-10(16)17-13(18)19/h6-9,11-12H,3-5H2,1-2H3,(H2,16,17,19)/t8-,11+,12+,14+/m0/s1. The molecule has 1 aromatic rings. The number of rotatable bonds is 3. The van der Waals surface area contributed by atoms with Gasteiger partial charge in [0.1, 0.15) is 5.82 Å². The highest BCUT2D eigenvalue weighted by Crippen LogP contribution is 2.56. The topological polar surface area (TPSA) is 70.1 Å². The second-order valence-electron chi connectivity index (χ2n) is 5.87. The number of hydrogen-bond acceptors (Lipinski definition) is 4. The maximum atomic E-state index is 14.7. The van der Waals surface area contributed by atoms with Gasteiger partial charge >= 0.3 is 5.69 Å². The van der Waals surface area contributed by atoms with Crippen LogP contribution in [0.15, 0.2) is 17.1 Å². The molecule has 6 heteroatoms. The molecule has 1 aliphatic carbocycles. The molecule has 5 nitrogen and oxygen atoms in total. The fraction of sp³-hybridized carbons (Fsp3) is 0.714. The Balaban J connectivity index is 1.97. The maximum absolute atomic E-state index is 14.7. The first kappa shape index (κ1) is 13.5. The molecule has 1 aromatic heterocycles. The van der Waals surface area contributed by atoms with Crippen LogP contribution >= 0.6 is 0 Å². The molecule has 2 fully saturated rings. The molecule has 3 rings (SSSR count). The van der Waals surface area contributed by atoms with Crippen molar-refractivity contribution in [1.29, 1.82) is 0 Å². The maximum Gasteiger partial charge on any atom is 0.351 e. The first-order chi connectivity index (χ1) is 9.49. The van der Waals surface area contributed by atoms with Crippen molar-refractivity contribution >= 4 is 5.82 Å². The third-order valence-electron chi connectivity index (χ3n) is 4.81. The first-order valence-corrected chi connectivity index (χ1v) is 7.16. The minimum Gasteiger partial charge on any atom is -0.383 e. The van der Waals surface area contributed by atoms with Gasteiger partial charge in [-0.05, 0) is 31.2 Å². The molecule has 0 radical (unpaired) electrons. The van der Waals surface area contributed by atoms with Crippen molar-refractivity contribution in [3.63, 3.8) is 0 Å². The van der Waals surface area contributed by atoms with Gasteiger partial charge in [-0.3, -0.25) is 4.57 Å². The van der Waals surface area contributed by atoms with Crippen molar-refractivity contribution in [2.45, 2.75) is 51.1 Å². The number of hydrogen-bond donors (Lipinski definition) is 1. The number of nitrogen functional groups attached to an aromatic ring is 1. The number of aromatic nitrogens is 2. The van der Waals surface area contributed by atoms with Crippen LogP contribution in [0.4, 0.5) is 10.2 Å². The van der Waals surface area contributed by atoms with Gasteiger partial charge in [0, 0.05) is 12.1 Å². The zero-order chi connectivity index (χ0) is 14.5. The first-order valence-electron chi connectivity index (χ1n) is 7.16. The van der Waals surface area contributed by atoms with Gasteiger partial charge in [0.05, 0.1) is 5.60 Å². The van der Waals surface area contributed by atoms with Crippen molar-refractivity contribution in [3.8, 4) is 0 Å². The summed E-state index contributed by atoms with van der Waals surface area (Å²) in [7, 11) is 0. The van der Waals surface area contributed by atoms with Gasteiger partial charge in [0.15, 0.2) is 12.4 Å². The Kier molecular flexibility index (Phi) is 3.08. The van der Waals surface area contributed by atoms with E-state index in [0.29, 0.717) is 5.92 Å². The van der Waals surface area contributed by atoms with E-state index in [0.717, 1.165) is 19.3 Å². The van der Waals surface area contributed by atoms with Gasteiger partial charge in [-0.15, -0.1) is 0 Å². The van der Waals surface area contributed by atoms with Crippen LogP contribution in [-0.2, 0) is 4.74 Å². The third-order valence-corrected chi connectivity index (χ3v) is 4.81. The average molecular weight is 281 g/mol.